The molecule has 0 saturated carbocycles. The molecule has 10 aromatic rings. The molecule has 66 heavy (non-hydrogen) atoms. The van der Waals surface area contributed by atoms with E-state index < -0.39 is 53.2 Å². The van der Waals surface area contributed by atoms with E-state index in [0.717, 1.165) is 0 Å². The maximum Gasteiger partial charge on any atom is 0.171 e. The Morgan fingerprint density at radius 3 is 1.18 bits per heavy atom. The lowest BCUT2D eigenvalue weighted by Crippen LogP contribution is -2.25. The Kier molecular flexibility index (Phi) is 11.0. The zero-order valence-corrected chi connectivity index (χ0v) is 35.3. The third-order valence-corrected chi connectivity index (χ3v) is 14.5. The number of fused-ring (bicyclic) bond motifs is 1. The molecule has 4 nitrogen and oxygen atoms in total. The summed E-state index contributed by atoms with van der Waals surface area (Å²) in [5.41, 5.74) is 0.994. The molecule has 0 saturated heterocycles. The first-order valence-corrected chi connectivity index (χ1v) is 22.4. The normalized spacial score (nSPS) is 11.5. The van der Waals surface area contributed by atoms with Crippen LogP contribution in [0.4, 0.5) is 26.3 Å². The van der Waals surface area contributed by atoms with E-state index >= 15 is 22.1 Å². The lowest BCUT2D eigenvalue weighted by Gasteiger charge is -2.21. The molecule has 0 spiro atoms. The van der Waals surface area contributed by atoms with Crippen LogP contribution in [0.3, 0.4) is 0 Å². The first-order valence-electron chi connectivity index (χ1n) is 20.7. The van der Waals surface area contributed by atoms with Crippen LogP contribution in [0.25, 0.3) is 78.3 Å². The minimum atomic E-state index is -3.60. The molecule has 0 aliphatic carbocycles. The van der Waals surface area contributed by atoms with Gasteiger partial charge in [-0.25, -0.2) is 41.3 Å². The van der Waals surface area contributed by atoms with E-state index in [1.54, 1.807) is 133 Å². The molecular formula is C55H32F6N3OP. The van der Waals surface area contributed by atoms with Crippen molar-refractivity contribution in [3.8, 4) is 67.5 Å². The summed E-state index contributed by atoms with van der Waals surface area (Å²) < 4.78 is 109. The van der Waals surface area contributed by atoms with Crippen molar-refractivity contribution in [1.82, 2.24) is 15.0 Å². The van der Waals surface area contributed by atoms with Crippen LogP contribution >= 0.6 is 7.14 Å². The van der Waals surface area contributed by atoms with Crippen molar-refractivity contribution >= 4 is 33.8 Å². The standard InChI is InChI=1S/C55H32F6N3OP/c56-38-26-22-35(23-27-38)54-62-53(63-55(64-54)36-24-28-39(57)29-25-36)34-20-18-33(19-21-34)43-30-31-46(45-17-8-7-16-44(43)45)48-51(60)49(58)47(50(59)52(48)61)37-10-9-15-42(32-37)66(65,40-11-3-1-4-12-40)41-13-5-2-6-14-41/h1-32H. The van der Waals surface area contributed by atoms with Crippen LogP contribution in [0.15, 0.2) is 194 Å². The smallest absolute Gasteiger partial charge is 0.171 e. The Morgan fingerprint density at radius 1 is 0.318 bits per heavy atom. The third-order valence-electron chi connectivity index (χ3n) is 11.5. The van der Waals surface area contributed by atoms with E-state index in [1.165, 1.54) is 48.5 Å². The minimum Gasteiger partial charge on any atom is -0.309 e. The van der Waals surface area contributed by atoms with Crippen LogP contribution in [0, 0.1) is 34.9 Å². The van der Waals surface area contributed by atoms with Crippen molar-refractivity contribution in [1.29, 1.82) is 0 Å². The zero-order valence-electron chi connectivity index (χ0n) is 34.4. The number of aromatic nitrogens is 3. The molecule has 0 fully saturated rings. The van der Waals surface area contributed by atoms with Crippen LogP contribution in [0.5, 0.6) is 0 Å². The summed E-state index contributed by atoms with van der Waals surface area (Å²) in [6.45, 7) is 0. The Balaban J connectivity index is 1.03. The van der Waals surface area contributed by atoms with E-state index in [4.69, 9.17) is 0 Å². The van der Waals surface area contributed by atoms with Gasteiger partial charge in [0.15, 0.2) is 47.9 Å². The highest BCUT2D eigenvalue weighted by Crippen LogP contribution is 2.45. The Bertz CT molecular complexity index is 3360. The first kappa shape index (κ1) is 42.0. The molecular weight excluding hydrogens is 864 g/mol. The van der Waals surface area contributed by atoms with Crippen molar-refractivity contribution in [2.75, 3.05) is 0 Å². The molecule has 0 unspecified atom stereocenters. The maximum atomic E-state index is 16.5. The Morgan fingerprint density at radius 2 is 0.697 bits per heavy atom. The molecule has 0 aliphatic rings. The van der Waals surface area contributed by atoms with Gasteiger partial charge in [0.25, 0.3) is 0 Å². The number of hydrogen-bond acceptors (Lipinski definition) is 4. The molecule has 10 rings (SSSR count). The predicted octanol–water partition coefficient (Wildman–Crippen LogP) is 13.5. The molecule has 0 aliphatic heterocycles. The first-order chi connectivity index (χ1) is 32.1. The van der Waals surface area contributed by atoms with Gasteiger partial charge in [-0.05, 0) is 87.6 Å². The highest BCUT2D eigenvalue weighted by atomic mass is 31.2. The van der Waals surface area contributed by atoms with Gasteiger partial charge in [0.1, 0.15) is 11.6 Å². The summed E-state index contributed by atoms with van der Waals surface area (Å²) in [5.74, 6) is -6.36. The highest BCUT2D eigenvalue weighted by molar-refractivity contribution is 7.85. The summed E-state index contributed by atoms with van der Waals surface area (Å²) >= 11 is 0. The predicted molar refractivity (Wildman–Crippen MR) is 249 cm³/mol. The van der Waals surface area contributed by atoms with Gasteiger partial charge >= 0.3 is 0 Å². The van der Waals surface area contributed by atoms with E-state index in [-0.39, 0.29) is 28.1 Å². The lowest BCUT2D eigenvalue weighted by atomic mass is 9.90. The minimum absolute atomic E-state index is 0.0662. The van der Waals surface area contributed by atoms with Crippen LogP contribution < -0.4 is 15.9 Å². The second-order valence-corrected chi connectivity index (χ2v) is 18.2. The molecule has 9 aromatic carbocycles. The molecule has 0 atom stereocenters. The van der Waals surface area contributed by atoms with Gasteiger partial charge in [0.05, 0.1) is 11.1 Å². The number of benzene rings is 9. The molecule has 1 heterocycles. The van der Waals surface area contributed by atoms with Gasteiger partial charge in [-0.15, -0.1) is 0 Å². The van der Waals surface area contributed by atoms with Crippen molar-refractivity contribution in [3.63, 3.8) is 0 Å². The average Bonchev–Trinajstić information content (AvgIpc) is 3.36. The largest absolute Gasteiger partial charge is 0.309 e. The van der Waals surface area contributed by atoms with E-state index in [9.17, 15) is 8.78 Å². The van der Waals surface area contributed by atoms with Crippen molar-refractivity contribution in [2.24, 2.45) is 0 Å². The molecule has 0 bridgehead atoms. The molecule has 1 aromatic heterocycles. The number of hydrogen-bond donors (Lipinski definition) is 0. The fourth-order valence-electron chi connectivity index (χ4n) is 8.23. The van der Waals surface area contributed by atoms with Crippen molar-refractivity contribution in [3.05, 3.63) is 229 Å². The zero-order chi connectivity index (χ0) is 45.5. The number of halogens is 6. The monoisotopic (exact) mass is 895 g/mol. The second kappa shape index (κ2) is 17.2. The van der Waals surface area contributed by atoms with E-state index in [1.807, 2.05) is 12.1 Å². The molecule has 0 radical (unpaired) electrons. The van der Waals surface area contributed by atoms with Gasteiger partial charge < -0.3 is 4.57 Å². The van der Waals surface area contributed by atoms with Crippen LogP contribution in [-0.4, -0.2) is 15.0 Å². The van der Waals surface area contributed by atoms with E-state index in [2.05, 4.69) is 15.0 Å². The van der Waals surface area contributed by atoms with Crippen LogP contribution in [0.1, 0.15) is 0 Å². The third kappa shape index (κ3) is 7.55. The van der Waals surface area contributed by atoms with E-state index in [0.29, 0.717) is 55.0 Å². The Labute approximate surface area is 375 Å². The highest BCUT2D eigenvalue weighted by Gasteiger charge is 2.32. The second-order valence-electron chi connectivity index (χ2n) is 15.4. The fourth-order valence-corrected chi connectivity index (χ4v) is 10.9. The van der Waals surface area contributed by atoms with Crippen molar-refractivity contribution in [2.45, 2.75) is 0 Å². The summed E-state index contributed by atoms with van der Waals surface area (Å²) in [5, 5.41) is 2.07. The number of rotatable bonds is 9. The van der Waals surface area contributed by atoms with Crippen LogP contribution in [-0.2, 0) is 4.57 Å². The fraction of sp³-hybridized carbons (Fsp3) is 0. The lowest BCUT2D eigenvalue weighted by molar-refractivity contribution is 0.463. The summed E-state index contributed by atoms with van der Waals surface area (Å²) in [4.78, 5) is 13.9. The molecule has 0 N–H and O–H groups in total. The van der Waals surface area contributed by atoms with Gasteiger partial charge in [-0.1, -0.05) is 140 Å². The van der Waals surface area contributed by atoms with Gasteiger partial charge in [0.2, 0.25) is 0 Å². The van der Waals surface area contributed by atoms with Gasteiger partial charge in [-0.2, -0.15) is 0 Å². The summed E-state index contributed by atoms with van der Waals surface area (Å²) in [7, 11) is -3.60. The molecule has 0 amide bonds. The quantitative estimate of drug-likeness (QED) is 0.0823. The molecule has 320 valence electrons. The molecule has 11 heteroatoms. The van der Waals surface area contributed by atoms with Gasteiger partial charge in [0, 0.05) is 32.6 Å². The number of nitrogens with zero attached hydrogens (tertiary/aromatic N) is 3. The van der Waals surface area contributed by atoms with Crippen LogP contribution in [0.2, 0.25) is 0 Å². The Hall–Kier alpha value is -7.94. The summed E-state index contributed by atoms with van der Waals surface area (Å²) in [6.07, 6.45) is 0. The van der Waals surface area contributed by atoms with Crippen molar-refractivity contribution < 1.29 is 30.9 Å². The topological polar surface area (TPSA) is 55.7 Å². The summed E-state index contributed by atoms with van der Waals surface area (Å²) in [6, 6.07) is 51.5. The maximum absolute atomic E-state index is 16.5. The average molecular weight is 896 g/mol. The van der Waals surface area contributed by atoms with Gasteiger partial charge in [-0.3, -0.25) is 0 Å². The SMILES string of the molecule is O=P(c1ccccc1)(c1ccccc1)c1cccc(-c2c(F)c(F)c(-c3ccc(-c4ccc(-c5nc(-c6ccc(F)cc6)nc(-c6ccc(F)cc6)n5)cc4)c4ccccc34)c(F)c2F)c1.